The highest BCUT2D eigenvalue weighted by Gasteiger charge is 2.28. The molecule has 0 bridgehead atoms. The van der Waals surface area contributed by atoms with Crippen molar-refractivity contribution in [2.75, 3.05) is 24.7 Å². The van der Waals surface area contributed by atoms with Crippen LogP contribution < -0.4 is 10.5 Å². The number of halogens is 1. The highest BCUT2D eigenvalue weighted by atomic mass is 35.5. The lowest BCUT2D eigenvalue weighted by Gasteiger charge is -2.22. The molecule has 0 unspecified atom stereocenters. The molecule has 6 rings (SSSR count). The monoisotopic (exact) mass is 476 g/mol. The van der Waals surface area contributed by atoms with Crippen molar-refractivity contribution in [3.8, 4) is 0 Å². The molecule has 0 spiro atoms. The van der Waals surface area contributed by atoms with Crippen LogP contribution in [0.25, 0.3) is 16.6 Å². The quantitative estimate of drug-likeness (QED) is 0.460. The number of amides is 1. The molecule has 4 aromatic rings. The van der Waals surface area contributed by atoms with E-state index in [0.717, 1.165) is 53.1 Å². The number of carbonyl (C=O) groups is 1. The van der Waals surface area contributed by atoms with Crippen molar-refractivity contribution in [3.05, 3.63) is 73.9 Å². The third-order valence-electron chi connectivity index (χ3n) is 7.12. The van der Waals surface area contributed by atoms with Crippen molar-refractivity contribution in [2.45, 2.75) is 39.0 Å². The van der Waals surface area contributed by atoms with Crippen molar-refractivity contribution in [2.24, 2.45) is 0 Å². The molecular formula is C26H25ClN4O3. The molecule has 4 heterocycles. The maximum absolute atomic E-state index is 13.6. The van der Waals surface area contributed by atoms with Gasteiger partial charge in [-0.25, -0.2) is 4.98 Å². The fraction of sp³-hybridized carbons (Fsp3) is 0.346. The van der Waals surface area contributed by atoms with Gasteiger partial charge in [-0.3, -0.25) is 14.0 Å². The first-order chi connectivity index (χ1) is 16.4. The Hall–Kier alpha value is -3.16. The summed E-state index contributed by atoms with van der Waals surface area (Å²) < 4.78 is 7.53. The molecule has 1 amide bonds. The van der Waals surface area contributed by atoms with Gasteiger partial charge in [-0.05, 0) is 74.6 Å². The Kier molecular flexibility index (Phi) is 5.00. The molecule has 2 aliphatic heterocycles. The maximum Gasteiger partial charge on any atom is 0.274 e. The summed E-state index contributed by atoms with van der Waals surface area (Å²) in [6.45, 7) is 5.82. The molecule has 8 heteroatoms. The molecule has 7 nitrogen and oxygen atoms in total. The van der Waals surface area contributed by atoms with E-state index in [-0.39, 0.29) is 17.4 Å². The van der Waals surface area contributed by atoms with Gasteiger partial charge in [0.15, 0.2) is 0 Å². The van der Waals surface area contributed by atoms with Crippen LogP contribution in [0.3, 0.4) is 0 Å². The number of aryl methyl sites for hydroxylation is 2. The molecule has 2 aromatic carbocycles. The second-order valence-electron chi connectivity index (χ2n) is 9.24. The SMILES string of the molecule is Cc1cc2c(cc1C(=O)N1CCc3cc(Cl)ccc31)[nH]c(=O)c1c(C)nc(C3CCOCC3)n12. The van der Waals surface area contributed by atoms with Gasteiger partial charge < -0.3 is 14.6 Å². The predicted octanol–water partition coefficient (Wildman–Crippen LogP) is 4.54. The van der Waals surface area contributed by atoms with Gasteiger partial charge in [0.1, 0.15) is 11.3 Å². The number of imidazole rings is 1. The summed E-state index contributed by atoms with van der Waals surface area (Å²) in [5.41, 5.74) is 5.99. The fourth-order valence-electron chi connectivity index (χ4n) is 5.41. The first-order valence-corrected chi connectivity index (χ1v) is 12.0. The largest absolute Gasteiger partial charge is 0.381 e. The van der Waals surface area contributed by atoms with Crippen molar-refractivity contribution in [1.82, 2.24) is 14.4 Å². The Labute approximate surface area is 201 Å². The first-order valence-electron chi connectivity index (χ1n) is 11.7. The van der Waals surface area contributed by atoms with E-state index in [4.69, 9.17) is 21.3 Å². The third kappa shape index (κ3) is 3.26. The van der Waals surface area contributed by atoms with Crippen LogP contribution in [0.1, 0.15) is 51.8 Å². The summed E-state index contributed by atoms with van der Waals surface area (Å²) in [6, 6.07) is 9.44. The van der Waals surface area contributed by atoms with Crippen LogP contribution in [-0.4, -0.2) is 40.0 Å². The van der Waals surface area contributed by atoms with Crippen LogP contribution in [0.15, 0.2) is 35.1 Å². The lowest BCUT2D eigenvalue weighted by atomic mass is 9.99. The molecule has 2 aromatic heterocycles. The number of rotatable bonds is 2. The Morgan fingerprint density at radius 2 is 1.97 bits per heavy atom. The molecule has 0 atom stereocenters. The Morgan fingerprint density at radius 1 is 1.18 bits per heavy atom. The Morgan fingerprint density at radius 3 is 2.76 bits per heavy atom. The third-order valence-corrected chi connectivity index (χ3v) is 7.36. The number of H-pyrrole nitrogens is 1. The highest BCUT2D eigenvalue weighted by Crippen LogP contribution is 2.33. The summed E-state index contributed by atoms with van der Waals surface area (Å²) >= 11 is 6.14. The number of benzene rings is 2. The van der Waals surface area contributed by atoms with Crippen LogP contribution in [0.4, 0.5) is 5.69 Å². The van der Waals surface area contributed by atoms with E-state index in [1.54, 1.807) is 4.90 Å². The topological polar surface area (TPSA) is 79.7 Å². The summed E-state index contributed by atoms with van der Waals surface area (Å²) in [5.74, 6) is 1.05. The second-order valence-corrected chi connectivity index (χ2v) is 9.68. The standard InChI is InChI=1S/C26H25ClN4O3/c1-14-11-22-20(13-19(14)26(33)30-8-5-17-12-18(27)3-4-21(17)30)29-25(32)23-15(2)28-24(31(22)23)16-6-9-34-10-7-16/h3-4,11-13,16H,5-10H2,1-2H3,(H,29,32). The van der Waals surface area contributed by atoms with Gasteiger partial charge in [0, 0.05) is 41.9 Å². The molecular weight excluding hydrogens is 452 g/mol. The van der Waals surface area contributed by atoms with E-state index in [0.29, 0.717) is 41.4 Å². The zero-order chi connectivity index (χ0) is 23.6. The van der Waals surface area contributed by atoms with Crippen LogP contribution >= 0.6 is 11.6 Å². The van der Waals surface area contributed by atoms with E-state index in [9.17, 15) is 9.59 Å². The summed E-state index contributed by atoms with van der Waals surface area (Å²) in [6.07, 6.45) is 2.52. The second kappa shape index (κ2) is 7.96. The molecule has 2 aliphatic rings. The predicted molar refractivity (Wildman–Crippen MR) is 132 cm³/mol. The van der Waals surface area contributed by atoms with E-state index < -0.39 is 0 Å². The number of aromatic nitrogens is 3. The zero-order valence-corrected chi connectivity index (χ0v) is 19.9. The molecule has 1 saturated heterocycles. The van der Waals surface area contributed by atoms with E-state index in [1.165, 1.54) is 0 Å². The van der Waals surface area contributed by atoms with Crippen LogP contribution in [0.5, 0.6) is 0 Å². The van der Waals surface area contributed by atoms with E-state index in [2.05, 4.69) is 4.98 Å². The van der Waals surface area contributed by atoms with Crippen molar-refractivity contribution >= 4 is 39.7 Å². The maximum atomic E-state index is 13.6. The molecule has 0 aliphatic carbocycles. The number of fused-ring (bicyclic) bond motifs is 4. The highest BCUT2D eigenvalue weighted by molar-refractivity contribution is 6.30. The number of carbonyl (C=O) groups excluding carboxylic acids is 1. The Bertz CT molecular complexity index is 1530. The van der Waals surface area contributed by atoms with E-state index >= 15 is 0 Å². The number of hydrogen-bond acceptors (Lipinski definition) is 4. The zero-order valence-electron chi connectivity index (χ0n) is 19.2. The molecule has 0 radical (unpaired) electrons. The summed E-state index contributed by atoms with van der Waals surface area (Å²) in [4.78, 5) is 36.3. The van der Waals surface area contributed by atoms with Gasteiger partial charge in [0.25, 0.3) is 11.5 Å². The van der Waals surface area contributed by atoms with Crippen molar-refractivity contribution < 1.29 is 9.53 Å². The summed E-state index contributed by atoms with van der Waals surface area (Å²) in [7, 11) is 0. The van der Waals surface area contributed by atoms with Gasteiger partial charge in [-0.1, -0.05) is 11.6 Å². The van der Waals surface area contributed by atoms with Gasteiger partial charge in [0.05, 0.1) is 16.7 Å². The number of nitrogens with zero attached hydrogens (tertiary/aromatic N) is 3. The number of ether oxygens (including phenoxy) is 1. The minimum Gasteiger partial charge on any atom is -0.381 e. The van der Waals surface area contributed by atoms with Crippen molar-refractivity contribution in [1.29, 1.82) is 0 Å². The van der Waals surface area contributed by atoms with Crippen LogP contribution in [0.2, 0.25) is 5.02 Å². The Balaban J connectivity index is 1.50. The molecule has 1 fully saturated rings. The van der Waals surface area contributed by atoms with Gasteiger partial charge in [0.2, 0.25) is 0 Å². The number of nitrogens with one attached hydrogen (secondary N) is 1. The number of hydrogen-bond donors (Lipinski definition) is 1. The minimum atomic E-state index is -0.195. The van der Waals surface area contributed by atoms with Crippen LogP contribution in [-0.2, 0) is 11.2 Å². The molecule has 1 N–H and O–H groups in total. The lowest BCUT2D eigenvalue weighted by Crippen LogP contribution is -2.29. The minimum absolute atomic E-state index is 0.0760. The molecule has 0 saturated carbocycles. The lowest BCUT2D eigenvalue weighted by molar-refractivity contribution is 0.0835. The first kappa shape index (κ1) is 21.4. The molecule has 34 heavy (non-hydrogen) atoms. The average Bonchev–Trinajstić information content (AvgIpc) is 3.40. The molecule has 174 valence electrons. The normalized spacial score (nSPS) is 16.5. The van der Waals surface area contributed by atoms with Gasteiger partial charge in [-0.15, -0.1) is 0 Å². The summed E-state index contributed by atoms with van der Waals surface area (Å²) in [5, 5.41) is 0.674. The fourth-order valence-corrected chi connectivity index (χ4v) is 5.60. The number of anilines is 1. The smallest absolute Gasteiger partial charge is 0.274 e. The van der Waals surface area contributed by atoms with Gasteiger partial charge >= 0.3 is 0 Å². The van der Waals surface area contributed by atoms with E-state index in [1.807, 2.05) is 48.6 Å². The van der Waals surface area contributed by atoms with Crippen LogP contribution in [0, 0.1) is 13.8 Å². The average molecular weight is 477 g/mol. The van der Waals surface area contributed by atoms with Gasteiger partial charge in [-0.2, -0.15) is 0 Å². The number of aromatic amines is 1. The van der Waals surface area contributed by atoms with Crippen molar-refractivity contribution in [3.63, 3.8) is 0 Å².